The number of carbonyl (C=O) groups excluding carboxylic acids is 1. The Labute approximate surface area is 133 Å². The second-order valence-corrected chi connectivity index (χ2v) is 6.29. The first-order valence-electron chi connectivity index (χ1n) is 8.02. The number of hydrogen-bond acceptors (Lipinski definition) is 3. The van der Waals surface area contributed by atoms with Crippen molar-refractivity contribution >= 4 is 11.7 Å². The van der Waals surface area contributed by atoms with Crippen molar-refractivity contribution in [1.29, 1.82) is 0 Å². The highest BCUT2D eigenvalue weighted by Gasteiger charge is 2.37. The first-order chi connectivity index (χ1) is 10.9. The van der Waals surface area contributed by atoms with Crippen molar-refractivity contribution in [2.24, 2.45) is 5.92 Å². The Morgan fingerprint density at radius 2 is 2.04 bits per heavy atom. The molecule has 2 heterocycles. The summed E-state index contributed by atoms with van der Waals surface area (Å²) in [4.78, 5) is 17.6. The summed E-state index contributed by atoms with van der Waals surface area (Å²) in [5.41, 5.74) is -0.717. The van der Waals surface area contributed by atoms with Gasteiger partial charge in [-0.15, -0.1) is 0 Å². The molecule has 3 rings (SSSR count). The summed E-state index contributed by atoms with van der Waals surface area (Å²) < 4.78 is 39.4. The van der Waals surface area contributed by atoms with Crippen LogP contribution in [0.5, 0.6) is 0 Å². The maximum atomic E-state index is 13.1. The summed E-state index contributed by atoms with van der Waals surface area (Å²) in [6.07, 6.45) is 1.40. The van der Waals surface area contributed by atoms with Gasteiger partial charge in [0, 0.05) is 31.2 Å². The molecule has 0 radical (unpaired) electrons. The zero-order chi connectivity index (χ0) is 16.4. The van der Waals surface area contributed by atoms with E-state index in [0.29, 0.717) is 13.1 Å². The van der Waals surface area contributed by atoms with Crippen LogP contribution in [0.4, 0.5) is 19.0 Å². The molecule has 1 N–H and O–H groups in total. The van der Waals surface area contributed by atoms with Gasteiger partial charge in [0.2, 0.25) is 5.91 Å². The lowest BCUT2D eigenvalue weighted by Crippen LogP contribution is -2.50. The van der Waals surface area contributed by atoms with Crippen LogP contribution in [-0.4, -0.2) is 30.0 Å². The lowest BCUT2D eigenvalue weighted by Gasteiger charge is -2.36. The topological polar surface area (TPSA) is 45.2 Å². The average molecular weight is 327 g/mol. The minimum absolute atomic E-state index is 0.0393. The molecule has 23 heavy (non-hydrogen) atoms. The molecule has 1 aliphatic heterocycles. The van der Waals surface area contributed by atoms with Gasteiger partial charge in [0.05, 0.1) is 5.56 Å². The van der Waals surface area contributed by atoms with Gasteiger partial charge >= 0.3 is 6.18 Å². The van der Waals surface area contributed by atoms with Crippen molar-refractivity contribution in [3.8, 4) is 0 Å². The van der Waals surface area contributed by atoms with Crippen molar-refractivity contribution < 1.29 is 18.0 Å². The van der Waals surface area contributed by atoms with Gasteiger partial charge in [-0.1, -0.05) is 6.42 Å². The number of hydrogen-bond donors (Lipinski definition) is 1. The number of carbonyl (C=O) groups is 1. The molecule has 7 heteroatoms. The molecule has 1 aromatic heterocycles. The molecule has 126 valence electrons. The Balaban J connectivity index is 1.70. The molecule has 0 spiro atoms. The Morgan fingerprint density at radius 3 is 2.70 bits per heavy atom. The first kappa shape index (κ1) is 16.1. The Kier molecular flexibility index (Phi) is 4.46. The molecular formula is C16H20F3N3O. The fourth-order valence-electron chi connectivity index (χ4n) is 3.15. The molecule has 0 bridgehead atoms. The van der Waals surface area contributed by atoms with Crippen LogP contribution < -0.4 is 10.2 Å². The number of anilines is 1. The predicted octanol–water partition coefficient (Wildman–Crippen LogP) is 2.99. The van der Waals surface area contributed by atoms with Crippen molar-refractivity contribution in [1.82, 2.24) is 10.3 Å². The van der Waals surface area contributed by atoms with Gasteiger partial charge in [-0.25, -0.2) is 4.98 Å². The van der Waals surface area contributed by atoms with Crippen LogP contribution in [0.15, 0.2) is 18.3 Å². The largest absolute Gasteiger partial charge is 0.419 e. The summed E-state index contributed by atoms with van der Waals surface area (Å²) in [7, 11) is 0. The molecular weight excluding hydrogens is 307 g/mol. The fraction of sp³-hybridized carbons (Fsp3) is 0.625. The molecule has 1 aliphatic carbocycles. The molecule has 1 aromatic rings. The molecule has 2 aliphatic rings. The van der Waals surface area contributed by atoms with Gasteiger partial charge in [0.1, 0.15) is 5.82 Å². The van der Waals surface area contributed by atoms with E-state index in [2.05, 4.69) is 10.3 Å². The van der Waals surface area contributed by atoms with Gasteiger partial charge in [0.25, 0.3) is 0 Å². The summed E-state index contributed by atoms with van der Waals surface area (Å²) >= 11 is 0. The third kappa shape index (κ3) is 3.59. The van der Waals surface area contributed by atoms with E-state index < -0.39 is 11.7 Å². The molecule has 1 amide bonds. The smallest absolute Gasteiger partial charge is 0.354 e. The van der Waals surface area contributed by atoms with Gasteiger partial charge in [-0.3, -0.25) is 4.79 Å². The number of pyridine rings is 1. The van der Waals surface area contributed by atoms with Crippen LogP contribution >= 0.6 is 0 Å². The van der Waals surface area contributed by atoms with Crippen LogP contribution in [0.3, 0.4) is 0 Å². The number of piperidine rings is 1. The van der Waals surface area contributed by atoms with E-state index >= 15 is 0 Å². The normalized spacial score (nSPS) is 22.6. The van der Waals surface area contributed by atoms with E-state index in [4.69, 9.17) is 0 Å². The third-order valence-corrected chi connectivity index (χ3v) is 4.64. The highest BCUT2D eigenvalue weighted by molar-refractivity contribution is 5.79. The minimum atomic E-state index is -4.42. The van der Waals surface area contributed by atoms with Gasteiger partial charge in [-0.05, 0) is 37.8 Å². The number of alkyl halides is 3. The maximum Gasteiger partial charge on any atom is 0.419 e. The highest BCUT2D eigenvalue weighted by atomic mass is 19.4. The molecule has 1 saturated heterocycles. The molecule has 0 aromatic carbocycles. The van der Waals surface area contributed by atoms with Crippen LogP contribution in [0.2, 0.25) is 0 Å². The lowest BCUT2D eigenvalue weighted by molar-refractivity contribution is -0.137. The highest BCUT2D eigenvalue weighted by Crippen LogP contribution is 2.36. The van der Waals surface area contributed by atoms with E-state index in [-0.39, 0.29) is 23.7 Å². The lowest BCUT2D eigenvalue weighted by atomic mass is 9.84. The summed E-state index contributed by atoms with van der Waals surface area (Å²) in [5.74, 6) is 0.0914. The quantitative estimate of drug-likeness (QED) is 0.928. The zero-order valence-corrected chi connectivity index (χ0v) is 12.8. The van der Waals surface area contributed by atoms with Crippen molar-refractivity contribution in [2.45, 2.75) is 44.3 Å². The Hall–Kier alpha value is -1.79. The van der Waals surface area contributed by atoms with Crippen LogP contribution in [0.25, 0.3) is 0 Å². The zero-order valence-electron chi connectivity index (χ0n) is 12.8. The average Bonchev–Trinajstić information content (AvgIpc) is 2.45. The summed E-state index contributed by atoms with van der Waals surface area (Å²) in [6.45, 7) is 0.897. The number of rotatable bonds is 3. The van der Waals surface area contributed by atoms with E-state index in [1.165, 1.54) is 12.3 Å². The SMILES string of the molecule is O=C(NC1CCCN(c2ncccc2C(F)(F)F)C1)C1CCC1. The number of amides is 1. The van der Waals surface area contributed by atoms with Gasteiger partial charge in [0.15, 0.2) is 0 Å². The maximum absolute atomic E-state index is 13.1. The number of nitrogens with one attached hydrogen (secondary N) is 1. The molecule has 1 unspecified atom stereocenters. The molecule has 1 atom stereocenters. The van der Waals surface area contributed by atoms with Crippen molar-refractivity contribution in [3.63, 3.8) is 0 Å². The number of halogens is 3. The minimum Gasteiger partial charge on any atom is -0.354 e. The molecule has 1 saturated carbocycles. The van der Waals surface area contributed by atoms with Crippen molar-refractivity contribution in [3.05, 3.63) is 23.9 Å². The standard InChI is InChI=1S/C16H20F3N3O/c17-16(18,19)13-7-2-8-20-14(13)22-9-3-6-12(10-22)21-15(23)11-4-1-5-11/h2,7-8,11-12H,1,3-6,9-10H2,(H,21,23). The molecule has 4 nitrogen and oxygen atoms in total. The predicted molar refractivity (Wildman–Crippen MR) is 80.0 cm³/mol. The van der Waals surface area contributed by atoms with Crippen LogP contribution in [0, 0.1) is 5.92 Å². The number of nitrogens with zero attached hydrogens (tertiary/aromatic N) is 2. The van der Waals surface area contributed by atoms with Crippen molar-refractivity contribution in [2.75, 3.05) is 18.0 Å². The molecule has 2 fully saturated rings. The monoisotopic (exact) mass is 327 g/mol. The van der Waals surface area contributed by atoms with E-state index in [9.17, 15) is 18.0 Å². The fourth-order valence-corrected chi connectivity index (χ4v) is 3.15. The van der Waals surface area contributed by atoms with E-state index in [0.717, 1.165) is 38.2 Å². The van der Waals surface area contributed by atoms with Gasteiger partial charge in [-0.2, -0.15) is 13.2 Å². The van der Waals surface area contributed by atoms with E-state index in [1.54, 1.807) is 4.90 Å². The second-order valence-electron chi connectivity index (χ2n) is 6.29. The van der Waals surface area contributed by atoms with Crippen LogP contribution in [0.1, 0.15) is 37.7 Å². The summed E-state index contributed by atoms with van der Waals surface area (Å²) in [6, 6.07) is 2.24. The van der Waals surface area contributed by atoms with E-state index in [1.807, 2.05) is 0 Å². The Bertz CT molecular complexity index is 572. The Morgan fingerprint density at radius 1 is 1.26 bits per heavy atom. The summed E-state index contributed by atoms with van der Waals surface area (Å²) in [5, 5.41) is 2.99. The van der Waals surface area contributed by atoms with Gasteiger partial charge < -0.3 is 10.2 Å². The number of aromatic nitrogens is 1. The second kappa shape index (κ2) is 6.37. The third-order valence-electron chi connectivity index (χ3n) is 4.64. The van der Waals surface area contributed by atoms with Crippen LogP contribution in [-0.2, 0) is 11.0 Å². The first-order valence-corrected chi connectivity index (χ1v) is 8.02.